The van der Waals surface area contributed by atoms with Gasteiger partial charge in [0, 0.05) is 23.4 Å². The highest BCUT2D eigenvalue weighted by Crippen LogP contribution is 2.21. The second-order valence-corrected chi connectivity index (χ2v) is 7.05. The highest BCUT2D eigenvalue weighted by molar-refractivity contribution is 5.97. The van der Waals surface area contributed by atoms with Crippen molar-refractivity contribution in [2.75, 3.05) is 11.9 Å². The van der Waals surface area contributed by atoms with Gasteiger partial charge in [0.15, 0.2) is 6.10 Å². The van der Waals surface area contributed by atoms with Gasteiger partial charge in [0.2, 0.25) is 0 Å². The molecule has 0 aliphatic carbocycles. The number of nitro benzene ring substituents is 1. The van der Waals surface area contributed by atoms with Crippen LogP contribution in [0, 0.1) is 10.1 Å². The fourth-order valence-electron chi connectivity index (χ4n) is 2.76. The molecule has 10 heteroatoms. The number of carbonyl (C=O) groups is 3. The maximum Gasteiger partial charge on any atom is 0.326 e. The van der Waals surface area contributed by atoms with Crippen LogP contribution in [0.3, 0.4) is 0 Å². The second-order valence-electron chi connectivity index (χ2n) is 7.05. The Bertz CT molecular complexity index is 1160. The monoisotopic (exact) mass is 463 g/mol. The van der Waals surface area contributed by atoms with Gasteiger partial charge >= 0.3 is 5.97 Å². The Balaban J connectivity index is 1.44. The minimum atomic E-state index is -1.14. The standard InChI is InChI=1S/C24H21N3O7/c1-16(23(29)26-18-9-11-19(12-10-18)27(31)32)33-22(28)15-25-24(30)17-7-13-21(14-8-17)34-20-5-3-2-4-6-20/h2-14,16H,15H2,1H3,(H,25,30)(H,26,29). The molecule has 1 atom stereocenters. The number of benzene rings is 3. The average molecular weight is 463 g/mol. The fraction of sp³-hybridized carbons (Fsp3) is 0.125. The van der Waals surface area contributed by atoms with Crippen molar-refractivity contribution in [2.24, 2.45) is 0 Å². The largest absolute Gasteiger partial charge is 0.457 e. The Labute approximate surface area is 194 Å². The highest BCUT2D eigenvalue weighted by atomic mass is 16.6. The molecule has 0 aromatic heterocycles. The molecule has 0 aliphatic rings. The number of hydrogen-bond acceptors (Lipinski definition) is 7. The maximum atomic E-state index is 12.3. The summed E-state index contributed by atoms with van der Waals surface area (Å²) in [7, 11) is 0. The molecule has 0 heterocycles. The summed E-state index contributed by atoms with van der Waals surface area (Å²) in [5.74, 6) is -0.707. The van der Waals surface area contributed by atoms with Gasteiger partial charge in [0.25, 0.3) is 17.5 Å². The van der Waals surface area contributed by atoms with E-state index in [1.54, 1.807) is 36.4 Å². The molecule has 3 aromatic carbocycles. The van der Waals surface area contributed by atoms with Crippen molar-refractivity contribution in [1.29, 1.82) is 0 Å². The number of nitrogens with one attached hydrogen (secondary N) is 2. The van der Waals surface area contributed by atoms with E-state index in [1.165, 1.54) is 31.2 Å². The number of anilines is 1. The van der Waals surface area contributed by atoms with Gasteiger partial charge in [-0.1, -0.05) is 18.2 Å². The van der Waals surface area contributed by atoms with Gasteiger partial charge in [-0.3, -0.25) is 24.5 Å². The van der Waals surface area contributed by atoms with Gasteiger partial charge < -0.3 is 20.1 Å². The van der Waals surface area contributed by atoms with Gasteiger partial charge in [0.05, 0.1) is 4.92 Å². The van der Waals surface area contributed by atoms with Gasteiger partial charge in [0.1, 0.15) is 18.0 Å². The second kappa shape index (κ2) is 11.2. The van der Waals surface area contributed by atoms with E-state index in [9.17, 15) is 24.5 Å². The van der Waals surface area contributed by atoms with Crippen molar-refractivity contribution in [2.45, 2.75) is 13.0 Å². The van der Waals surface area contributed by atoms with Crippen molar-refractivity contribution in [3.63, 3.8) is 0 Å². The summed E-state index contributed by atoms with van der Waals surface area (Å²) in [5, 5.41) is 15.6. The summed E-state index contributed by atoms with van der Waals surface area (Å²) in [6.07, 6.45) is -1.14. The van der Waals surface area contributed by atoms with Crippen LogP contribution in [0.5, 0.6) is 11.5 Å². The number of carbonyl (C=O) groups excluding carboxylic acids is 3. The first-order valence-electron chi connectivity index (χ1n) is 10.2. The van der Waals surface area contributed by atoms with Crippen LogP contribution in [0.4, 0.5) is 11.4 Å². The first-order valence-corrected chi connectivity index (χ1v) is 10.2. The van der Waals surface area contributed by atoms with E-state index < -0.39 is 35.4 Å². The predicted molar refractivity (Wildman–Crippen MR) is 123 cm³/mol. The smallest absolute Gasteiger partial charge is 0.326 e. The van der Waals surface area contributed by atoms with Crippen LogP contribution in [0.25, 0.3) is 0 Å². The predicted octanol–water partition coefficient (Wildman–Crippen LogP) is 3.69. The lowest BCUT2D eigenvalue weighted by Gasteiger charge is -2.14. The van der Waals surface area contributed by atoms with Gasteiger partial charge in [-0.25, -0.2) is 0 Å². The number of nitrogens with zero attached hydrogens (tertiary/aromatic N) is 1. The third kappa shape index (κ3) is 6.89. The van der Waals surface area contributed by atoms with E-state index in [0.29, 0.717) is 22.7 Å². The van der Waals surface area contributed by atoms with E-state index in [-0.39, 0.29) is 5.69 Å². The topological polar surface area (TPSA) is 137 Å². The lowest BCUT2D eigenvalue weighted by molar-refractivity contribution is -0.384. The summed E-state index contributed by atoms with van der Waals surface area (Å²) in [5.41, 5.74) is 0.509. The molecule has 0 saturated heterocycles. The van der Waals surface area contributed by atoms with Crippen LogP contribution in [-0.4, -0.2) is 35.4 Å². The van der Waals surface area contributed by atoms with Gasteiger partial charge in [-0.2, -0.15) is 0 Å². The number of rotatable bonds is 9. The molecular weight excluding hydrogens is 442 g/mol. The van der Waals surface area contributed by atoms with E-state index in [0.717, 1.165) is 0 Å². The van der Waals surface area contributed by atoms with Crippen molar-refractivity contribution in [3.8, 4) is 11.5 Å². The molecule has 0 bridgehead atoms. The quantitative estimate of drug-likeness (QED) is 0.280. The SMILES string of the molecule is CC(OC(=O)CNC(=O)c1ccc(Oc2ccccc2)cc1)C(=O)Nc1ccc([N+](=O)[O-])cc1. The number of hydrogen-bond donors (Lipinski definition) is 2. The summed E-state index contributed by atoms with van der Waals surface area (Å²) in [6, 6.07) is 20.7. The van der Waals surface area contributed by atoms with Crippen LogP contribution >= 0.6 is 0 Å². The first-order chi connectivity index (χ1) is 16.3. The Hall–Kier alpha value is -4.73. The van der Waals surface area contributed by atoms with E-state index in [1.807, 2.05) is 18.2 Å². The molecule has 1 unspecified atom stereocenters. The lowest BCUT2D eigenvalue weighted by atomic mass is 10.2. The number of para-hydroxylation sites is 1. The molecule has 3 aromatic rings. The Morgan fingerprint density at radius 2 is 1.53 bits per heavy atom. The zero-order valence-corrected chi connectivity index (χ0v) is 18.1. The molecule has 2 amide bonds. The number of ether oxygens (including phenoxy) is 2. The fourth-order valence-corrected chi connectivity index (χ4v) is 2.76. The minimum absolute atomic E-state index is 0.119. The van der Waals surface area contributed by atoms with Gasteiger partial charge in [-0.15, -0.1) is 0 Å². The van der Waals surface area contributed by atoms with Crippen LogP contribution in [0.15, 0.2) is 78.9 Å². The zero-order chi connectivity index (χ0) is 24.5. The van der Waals surface area contributed by atoms with Crippen molar-refractivity contribution in [3.05, 3.63) is 94.5 Å². The highest BCUT2D eigenvalue weighted by Gasteiger charge is 2.19. The Kier molecular flexibility index (Phi) is 7.90. The maximum absolute atomic E-state index is 12.3. The molecule has 10 nitrogen and oxygen atoms in total. The number of nitro groups is 1. The number of esters is 1. The normalized spacial score (nSPS) is 11.1. The molecule has 2 N–H and O–H groups in total. The molecule has 0 saturated carbocycles. The summed E-state index contributed by atoms with van der Waals surface area (Å²) in [6.45, 7) is 0.933. The third-order valence-electron chi connectivity index (χ3n) is 4.51. The van der Waals surface area contributed by atoms with Gasteiger partial charge in [-0.05, 0) is 55.5 Å². The Morgan fingerprint density at radius 1 is 0.912 bits per heavy atom. The minimum Gasteiger partial charge on any atom is -0.457 e. The van der Waals surface area contributed by atoms with E-state index >= 15 is 0 Å². The molecule has 0 fully saturated rings. The van der Waals surface area contributed by atoms with Crippen molar-refractivity contribution < 1.29 is 28.8 Å². The molecule has 0 radical (unpaired) electrons. The molecule has 3 rings (SSSR count). The molecule has 174 valence electrons. The summed E-state index contributed by atoms with van der Waals surface area (Å²) < 4.78 is 10.7. The number of non-ortho nitro benzene ring substituents is 1. The summed E-state index contributed by atoms with van der Waals surface area (Å²) in [4.78, 5) is 46.6. The zero-order valence-electron chi connectivity index (χ0n) is 18.1. The number of amides is 2. The van der Waals surface area contributed by atoms with Crippen LogP contribution in [0.2, 0.25) is 0 Å². The van der Waals surface area contributed by atoms with E-state index in [4.69, 9.17) is 9.47 Å². The van der Waals surface area contributed by atoms with Crippen molar-refractivity contribution in [1.82, 2.24) is 5.32 Å². The molecule has 34 heavy (non-hydrogen) atoms. The van der Waals surface area contributed by atoms with Crippen LogP contribution in [-0.2, 0) is 14.3 Å². The van der Waals surface area contributed by atoms with Crippen LogP contribution in [0.1, 0.15) is 17.3 Å². The third-order valence-corrected chi connectivity index (χ3v) is 4.51. The van der Waals surface area contributed by atoms with Crippen LogP contribution < -0.4 is 15.4 Å². The molecular formula is C24H21N3O7. The molecule has 0 spiro atoms. The molecule has 0 aliphatic heterocycles. The summed E-state index contributed by atoms with van der Waals surface area (Å²) >= 11 is 0. The first kappa shape index (κ1) is 23.9. The van der Waals surface area contributed by atoms with Crippen molar-refractivity contribution >= 4 is 29.2 Å². The Morgan fingerprint density at radius 3 is 2.15 bits per heavy atom. The average Bonchev–Trinajstić information content (AvgIpc) is 2.84. The lowest BCUT2D eigenvalue weighted by Crippen LogP contribution is -2.35. The van der Waals surface area contributed by atoms with E-state index in [2.05, 4.69) is 10.6 Å².